The molecule has 5 heteroatoms. The molecule has 0 aliphatic rings. The Morgan fingerprint density at radius 2 is 2.00 bits per heavy atom. The van der Waals surface area contributed by atoms with E-state index in [1.54, 1.807) is 20.4 Å². The van der Waals surface area contributed by atoms with Gasteiger partial charge in [0.1, 0.15) is 5.82 Å². The van der Waals surface area contributed by atoms with Gasteiger partial charge in [0.25, 0.3) is 0 Å². The summed E-state index contributed by atoms with van der Waals surface area (Å²) in [6.45, 7) is 2.70. The number of aromatic nitrogens is 1. The van der Waals surface area contributed by atoms with Crippen molar-refractivity contribution in [1.82, 2.24) is 4.98 Å². The summed E-state index contributed by atoms with van der Waals surface area (Å²) in [4.78, 5) is 4.27. The summed E-state index contributed by atoms with van der Waals surface area (Å²) >= 11 is 3.49. The fourth-order valence-electron chi connectivity index (χ4n) is 1.90. The second-order valence-corrected chi connectivity index (χ2v) is 5.24. The zero-order valence-corrected chi connectivity index (χ0v) is 13.3. The van der Waals surface area contributed by atoms with Crippen LogP contribution in [0, 0.1) is 6.92 Å². The van der Waals surface area contributed by atoms with E-state index >= 15 is 0 Å². The monoisotopic (exact) mass is 336 g/mol. The smallest absolute Gasteiger partial charge is 0.174 e. The Morgan fingerprint density at radius 1 is 1.20 bits per heavy atom. The number of hydrogen-bond donors (Lipinski definition) is 1. The van der Waals surface area contributed by atoms with Crippen LogP contribution in [0.4, 0.5) is 5.82 Å². The van der Waals surface area contributed by atoms with Crippen LogP contribution in [-0.4, -0.2) is 19.2 Å². The predicted molar refractivity (Wildman–Crippen MR) is 83.5 cm³/mol. The minimum absolute atomic E-state index is 0.662. The lowest BCUT2D eigenvalue weighted by Crippen LogP contribution is -2.02. The molecule has 0 saturated heterocycles. The first kappa shape index (κ1) is 14.7. The number of aryl methyl sites for hydroxylation is 1. The van der Waals surface area contributed by atoms with Crippen molar-refractivity contribution < 1.29 is 9.47 Å². The number of nitrogens with zero attached hydrogens (tertiary/aromatic N) is 1. The Labute approximate surface area is 127 Å². The highest BCUT2D eigenvalue weighted by Crippen LogP contribution is 2.36. The Bertz CT molecular complexity index is 602. The summed E-state index contributed by atoms with van der Waals surface area (Å²) in [5, 5.41) is 3.29. The predicted octanol–water partition coefficient (Wildman–Crippen LogP) is 3.78. The fraction of sp³-hybridized carbons (Fsp3) is 0.267. The first-order valence-electron chi connectivity index (χ1n) is 6.21. The summed E-state index contributed by atoms with van der Waals surface area (Å²) in [5.74, 6) is 2.26. The number of anilines is 1. The average Bonchev–Trinajstić information content (AvgIpc) is 2.44. The van der Waals surface area contributed by atoms with Gasteiger partial charge in [-0.15, -0.1) is 0 Å². The highest BCUT2D eigenvalue weighted by molar-refractivity contribution is 9.10. The standard InChI is InChI=1S/C15H17BrN2O2/c1-10-4-5-17-14(6-10)18-9-11-7-12(16)15(20-3)13(8-11)19-2/h4-8H,9H2,1-3H3,(H,17,18). The first-order valence-corrected chi connectivity index (χ1v) is 7.00. The minimum Gasteiger partial charge on any atom is -0.493 e. The lowest BCUT2D eigenvalue weighted by molar-refractivity contribution is 0.352. The third-order valence-corrected chi connectivity index (χ3v) is 3.47. The van der Waals surface area contributed by atoms with Gasteiger partial charge in [0.05, 0.1) is 18.7 Å². The van der Waals surface area contributed by atoms with Crippen LogP contribution in [-0.2, 0) is 6.54 Å². The van der Waals surface area contributed by atoms with Crippen molar-refractivity contribution >= 4 is 21.7 Å². The Balaban J connectivity index is 2.16. The van der Waals surface area contributed by atoms with Crippen LogP contribution in [0.1, 0.15) is 11.1 Å². The van der Waals surface area contributed by atoms with E-state index in [0.717, 1.165) is 15.9 Å². The SMILES string of the molecule is COc1cc(CNc2cc(C)ccn2)cc(Br)c1OC. The maximum absolute atomic E-state index is 5.33. The summed E-state index contributed by atoms with van der Waals surface area (Å²) in [6, 6.07) is 7.94. The topological polar surface area (TPSA) is 43.4 Å². The Hall–Kier alpha value is -1.75. The molecular weight excluding hydrogens is 320 g/mol. The van der Waals surface area contributed by atoms with Gasteiger partial charge in [0.2, 0.25) is 0 Å². The molecule has 0 spiro atoms. The van der Waals surface area contributed by atoms with Crippen molar-refractivity contribution in [1.29, 1.82) is 0 Å². The number of hydrogen-bond acceptors (Lipinski definition) is 4. The molecule has 0 aliphatic carbocycles. The number of pyridine rings is 1. The maximum atomic E-state index is 5.33. The van der Waals surface area contributed by atoms with Crippen molar-refractivity contribution in [3.05, 3.63) is 46.1 Å². The van der Waals surface area contributed by atoms with Crippen molar-refractivity contribution in [2.45, 2.75) is 13.5 Å². The molecule has 1 N–H and O–H groups in total. The number of halogens is 1. The zero-order chi connectivity index (χ0) is 14.5. The molecule has 1 aromatic heterocycles. The quantitative estimate of drug-likeness (QED) is 0.902. The summed E-state index contributed by atoms with van der Waals surface area (Å²) in [7, 11) is 3.25. The molecule has 0 aliphatic heterocycles. The normalized spacial score (nSPS) is 10.2. The molecule has 106 valence electrons. The van der Waals surface area contributed by atoms with Crippen LogP contribution in [0.2, 0.25) is 0 Å². The van der Waals surface area contributed by atoms with Gasteiger partial charge >= 0.3 is 0 Å². The molecule has 0 amide bonds. The van der Waals surface area contributed by atoms with E-state index in [4.69, 9.17) is 9.47 Å². The fourth-order valence-corrected chi connectivity index (χ4v) is 2.55. The maximum Gasteiger partial charge on any atom is 0.174 e. The minimum atomic E-state index is 0.662. The molecule has 0 bridgehead atoms. The van der Waals surface area contributed by atoms with Crippen LogP contribution >= 0.6 is 15.9 Å². The zero-order valence-electron chi connectivity index (χ0n) is 11.7. The van der Waals surface area contributed by atoms with Crippen LogP contribution in [0.3, 0.4) is 0 Å². The number of nitrogens with one attached hydrogen (secondary N) is 1. The van der Waals surface area contributed by atoms with Crippen LogP contribution in [0.15, 0.2) is 34.9 Å². The van der Waals surface area contributed by atoms with Crippen LogP contribution in [0.25, 0.3) is 0 Å². The van der Waals surface area contributed by atoms with Gasteiger partial charge in [0, 0.05) is 12.7 Å². The van der Waals surface area contributed by atoms with Gasteiger partial charge in [-0.2, -0.15) is 0 Å². The van der Waals surface area contributed by atoms with E-state index in [-0.39, 0.29) is 0 Å². The lowest BCUT2D eigenvalue weighted by atomic mass is 10.2. The molecule has 0 fully saturated rings. The third kappa shape index (κ3) is 3.42. The van der Waals surface area contributed by atoms with Gasteiger partial charge in [-0.1, -0.05) is 0 Å². The molecule has 0 unspecified atom stereocenters. The summed E-state index contributed by atoms with van der Waals surface area (Å²) < 4.78 is 11.5. The lowest BCUT2D eigenvalue weighted by Gasteiger charge is -2.12. The average molecular weight is 337 g/mol. The number of methoxy groups -OCH3 is 2. The molecule has 0 radical (unpaired) electrons. The Kier molecular flexibility index (Phi) is 4.84. The van der Waals surface area contributed by atoms with Gasteiger partial charge in [0.15, 0.2) is 11.5 Å². The molecular formula is C15H17BrN2O2. The highest BCUT2D eigenvalue weighted by atomic mass is 79.9. The second-order valence-electron chi connectivity index (χ2n) is 4.39. The van der Waals surface area contributed by atoms with Gasteiger partial charge in [-0.25, -0.2) is 4.98 Å². The van der Waals surface area contributed by atoms with E-state index in [1.165, 1.54) is 5.56 Å². The van der Waals surface area contributed by atoms with E-state index in [1.807, 2.05) is 31.2 Å². The molecule has 4 nitrogen and oxygen atoms in total. The number of rotatable bonds is 5. The van der Waals surface area contributed by atoms with E-state index in [0.29, 0.717) is 18.0 Å². The summed E-state index contributed by atoms with van der Waals surface area (Å²) in [5.41, 5.74) is 2.26. The number of benzene rings is 1. The van der Waals surface area contributed by atoms with Gasteiger partial charge < -0.3 is 14.8 Å². The van der Waals surface area contributed by atoms with Crippen LogP contribution in [0.5, 0.6) is 11.5 Å². The van der Waals surface area contributed by atoms with Crippen molar-refractivity contribution in [3.63, 3.8) is 0 Å². The molecule has 0 atom stereocenters. The van der Waals surface area contributed by atoms with E-state index in [2.05, 4.69) is 26.2 Å². The highest BCUT2D eigenvalue weighted by Gasteiger charge is 2.10. The van der Waals surface area contributed by atoms with Crippen molar-refractivity contribution in [2.75, 3.05) is 19.5 Å². The molecule has 2 rings (SSSR count). The molecule has 0 saturated carbocycles. The van der Waals surface area contributed by atoms with E-state index < -0.39 is 0 Å². The van der Waals surface area contributed by atoms with Crippen LogP contribution < -0.4 is 14.8 Å². The van der Waals surface area contributed by atoms with Crippen molar-refractivity contribution in [2.24, 2.45) is 0 Å². The van der Waals surface area contributed by atoms with Gasteiger partial charge in [-0.05, 0) is 58.2 Å². The van der Waals surface area contributed by atoms with Crippen molar-refractivity contribution in [3.8, 4) is 11.5 Å². The number of ether oxygens (including phenoxy) is 2. The first-order chi connectivity index (χ1) is 9.63. The van der Waals surface area contributed by atoms with Gasteiger partial charge in [-0.3, -0.25) is 0 Å². The second kappa shape index (κ2) is 6.61. The third-order valence-electron chi connectivity index (χ3n) is 2.88. The largest absolute Gasteiger partial charge is 0.493 e. The molecule has 20 heavy (non-hydrogen) atoms. The molecule has 1 aromatic carbocycles. The Morgan fingerprint density at radius 3 is 2.65 bits per heavy atom. The molecule has 2 aromatic rings. The summed E-state index contributed by atoms with van der Waals surface area (Å²) in [6.07, 6.45) is 1.79. The van der Waals surface area contributed by atoms with E-state index in [9.17, 15) is 0 Å². The molecule has 1 heterocycles.